The predicted molar refractivity (Wildman–Crippen MR) is 52.1 cm³/mol. The molecule has 0 unspecified atom stereocenters. The van der Waals surface area contributed by atoms with Gasteiger partial charge in [0.05, 0.1) is 0 Å². The molecule has 0 radical (unpaired) electrons. The molecule has 0 saturated heterocycles. The molecule has 2 aromatic rings. The van der Waals surface area contributed by atoms with Gasteiger partial charge < -0.3 is 10.2 Å². The fourth-order valence-corrected chi connectivity index (χ4v) is 1.18. The van der Waals surface area contributed by atoms with Crippen LogP contribution in [0.25, 0.3) is 17.2 Å². The van der Waals surface area contributed by atoms with Crippen LogP contribution >= 0.6 is 0 Å². The van der Waals surface area contributed by atoms with Gasteiger partial charge in [0.1, 0.15) is 5.52 Å². The van der Waals surface area contributed by atoms with Crippen molar-refractivity contribution in [2.45, 2.75) is 0 Å². The van der Waals surface area contributed by atoms with Gasteiger partial charge in [-0.3, -0.25) is 0 Å². The summed E-state index contributed by atoms with van der Waals surface area (Å²) >= 11 is 0. The second-order valence-electron chi connectivity index (χ2n) is 2.72. The summed E-state index contributed by atoms with van der Waals surface area (Å²) in [4.78, 5) is 4.06. The van der Waals surface area contributed by atoms with Crippen molar-refractivity contribution < 1.29 is 4.42 Å². The molecule has 2 rings (SSSR count). The van der Waals surface area contributed by atoms with Crippen LogP contribution in [-0.2, 0) is 0 Å². The first-order valence-electron chi connectivity index (χ1n) is 4.10. The molecule has 0 spiro atoms. The van der Waals surface area contributed by atoms with Gasteiger partial charge >= 0.3 is 0 Å². The number of oxazole rings is 1. The summed E-state index contributed by atoms with van der Waals surface area (Å²) in [5.74, 6) is 0. The van der Waals surface area contributed by atoms with Gasteiger partial charge in [-0.1, -0.05) is 18.2 Å². The van der Waals surface area contributed by atoms with Crippen LogP contribution < -0.4 is 5.73 Å². The van der Waals surface area contributed by atoms with Gasteiger partial charge in [0.15, 0.2) is 12.0 Å². The summed E-state index contributed by atoms with van der Waals surface area (Å²) in [6.07, 6.45) is 5.32. The molecule has 13 heavy (non-hydrogen) atoms. The van der Waals surface area contributed by atoms with Crippen LogP contribution in [0, 0.1) is 0 Å². The average molecular weight is 174 g/mol. The third kappa shape index (κ3) is 1.60. The fourth-order valence-electron chi connectivity index (χ4n) is 1.18. The van der Waals surface area contributed by atoms with E-state index in [2.05, 4.69) is 4.98 Å². The molecule has 1 heterocycles. The number of aromatic nitrogens is 1. The van der Waals surface area contributed by atoms with Gasteiger partial charge in [-0.15, -0.1) is 0 Å². The molecule has 3 nitrogen and oxygen atoms in total. The summed E-state index contributed by atoms with van der Waals surface area (Å²) in [6, 6.07) is 5.84. The molecule has 0 aliphatic carbocycles. The zero-order valence-electron chi connectivity index (χ0n) is 7.10. The Morgan fingerprint density at radius 3 is 3.23 bits per heavy atom. The lowest BCUT2D eigenvalue weighted by molar-refractivity contribution is 0.602. The SMILES string of the molecule is NC/C=C/c1ccc2ocnc2c1. The number of benzene rings is 1. The Kier molecular flexibility index (Phi) is 2.10. The third-order valence-corrected chi connectivity index (χ3v) is 1.80. The highest BCUT2D eigenvalue weighted by atomic mass is 16.3. The number of nitrogens with two attached hydrogens (primary N) is 1. The normalized spacial score (nSPS) is 11.5. The van der Waals surface area contributed by atoms with Crippen LogP contribution in [0.1, 0.15) is 5.56 Å². The predicted octanol–water partition coefficient (Wildman–Crippen LogP) is 1.80. The van der Waals surface area contributed by atoms with Crippen molar-refractivity contribution in [1.82, 2.24) is 4.98 Å². The van der Waals surface area contributed by atoms with Crippen LogP contribution in [-0.4, -0.2) is 11.5 Å². The lowest BCUT2D eigenvalue weighted by Crippen LogP contribution is -1.91. The molecule has 1 aromatic heterocycles. The first-order chi connectivity index (χ1) is 6.40. The van der Waals surface area contributed by atoms with Gasteiger partial charge in [0.2, 0.25) is 0 Å². The summed E-state index contributed by atoms with van der Waals surface area (Å²) in [7, 11) is 0. The summed E-state index contributed by atoms with van der Waals surface area (Å²) < 4.78 is 5.12. The quantitative estimate of drug-likeness (QED) is 0.755. The first kappa shape index (κ1) is 8.01. The van der Waals surface area contributed by atoms with Crippen molar-refractivity contribution in [2.75, 3.05) is 6.54 Å². The van der Waals surface area contributed by atoms with Gasteiger partial charge in [0.25, 0.3) is 0 Å². The van der Waals surface area contributed by atoms with Gasteiger partial charge in [0, 0.05) is 6.54 Å². The van der Waals surface area contributed by atoms with E-state index in [0.29, 0.717) is 6.54 Å². The number of nitrogens with zero attached hydrogens (tertiary/aromatic N) is 1. The minimum absolute atomic E-state index is 0.552. The Bertz CT molecular complexity index is 431. The van der Waals surface area contributed by atoms with Crippen LogP contribution in [0.4, 0.5) is 0 Å². The van der Waals surface area contributed by atoms with E-state index in [-0.39, 0.29) is 0 Å². The molecule has 0 bridgehead atoms. The summed E-state index contributed by atoms with van der Waals surface area (Å²) in [5.41, 5.74) is 8.12. The van der Waals surface area contributed by atoms with E-state index >= 15 is 0 Å². The zero-order chi connectivity index (χ0) is 9.10. The second kappa shape index (κ2) is 3.41. The van der Waals surface area contributed by atoms with E-state index in [1.165, 1.54) is 6.39 Å². The Morgan fingerprint density at radius 1 is 1.46 bits per heavy atom. The Balaban J connectivity index is 2.42. The molecule has 2 N–H and O–H groups in total. The highest BCUT2D eigenvalue weighted by Gasteiger charge is 1.96. The first-order valence-corrected chi connectivity index (χ1v) is 4.10. The smallest absolute Gasteiger partial charge is 0.181 e. The lowest BCUT2D eigenvalue weighted by atomic mass is 10.2. The van der Waals surface area contributed by atoms with Crippen molar-refractivity contribution >= 4 is 17.2 Å². The molecule has 0 aliphatic rings. The molecular formula is C10H10N2O. The highest BCUT2D eigenvalue weighted by Crippen LogP contribution is 2.14. The maximum atomic E-state index is 5.35. The minimum atomic E-state index is 0.552. The topological polar surface area (TPSA) is 52.0 Å². The van der Waals surface area contributed by atoms with Crippen molar-refractivity contribution in [2.24, 2.45) is 5.73 Å². The van der Waals surface area contributed by atoms with E-state index in [9.17, 15) is 0 Å². The molecule has 0 fully saturated rings. The van der Waals surface area contributed by atoms with Crippen LogP contribution in [0.5, 0.6) is 0 Å². The molecule has 66 valence electrons. The van der Waals surface area contributed by atoms with Crippen molar-refractivity contribution in [3.8, 4) is 0 Å². The molecule has 0 aliphatic heterocycles. The molecule has 3 heteroatoms. The highest BCUT2D eigenvalue weighted by molar-refractivity contribution is 5.75. The number of hydrogen-bond acceptors (Lipinski definition) is 3. The standard InChI is InChI=1S/C10H10N2O/c11-5-1-2-8-3-4-10-9(6-8)12-7-13-10/h1-4,6-7H,5,11H2/b2-1+. The molecular weight excluding hydrogens is 164 g/mol. The van der Waals surface area contributed by atoms with Gasteiger partial charge in [-0.25, -0.2) is 4.98 Å². The third-order valence-electron chi connectivity index (χ3n) is 1.80. The summed E-state index contributed by atoms with van der Waals surface area (Å²) in [6.45, 7) is 0.552. The number of fused-ring (bicyclic) bond motifs is 1. The van der Waals surface area contributed by atoms with Crippen molar-refractivity contribution in [1.29, 1.82) is 0 Å². The number of hydrogen-bond donors (Lipinski definition) is 1. The zero-order valence-corrected chi connectivity index (χ0v) is 7.10. The van der Waals surface area contributed by atoms with Gasteiger partial charge in [-0.05, 0) is 17.7 Å². The van der Waals surface area contributed by atoms with E-state index in [1.54, 1.807) is 0 Å². The Labute approximate surface area is 75.9 Å². The second-order valence-corrected chi connectivity index (χ2v) is 2.72. The van der Waals surface area contributed by atoms with E-state index in [0.717, 1.165) is 16.7 Å². The molecule has 0 saturated carbocycles. The Hall–Kier alpha value is -1.61. The van der Waals surface area contributed by atoms with Crippen molar-refractivity contribution in [3.05, 3.63) is 36.2 Å². The monoisotopic (exact) mass is 174 g/mol. The molecule has 1 aromatic carbocycles. The van der Waals surface area contributed by atoms with E-state index < -0.39 is 0 Å². The van der Waals surface area contributed by atoms with E-state index in [1.807, 2.05) is 30.4 Å². The fraction of sp³-hybridized carbons (Fsp3) is 0.100. The van der Waals surface area contributed by atoms with Crippen molar-refractivity contribution in [3.63, 3.8) is 0 Å². The maximum absolute atomic E-state index is 5.35. The Morgan fingerprint density at radius 2 is 2.38 bits per heavy atom. The molecule has 0 amide bonds. The molecule has 0 atom stereocenters. The largest absolute Gasteiger partial charge is 0.443 e. The summed E-state index contributed by atoms with van der Waals surface area (Å²) in [5, 5.41) is 0. The van der Waals surface area contributed by atoms with Crippen LogP contribution in [0.15, 0.2) is 35.1 Å². The maximum Gasteiger partial charge on any atom is 0.181 e. The minimum Gasteiger partial charge on any atom is -0.443 e. The van der Waals surface area contributed by atoms with Crippen LogP contribution in [0.3, 0.4) is 0 Å². The average Bonchev–Trinajstić information content (AvgIpc) is 2.61. The van der Waals surface area contributed by atoms with Gasteiger partial charge in [-0.2, -0.15) is 0 Å². The van der Waals surface area contributed by atoms with Crippen LogP contribution in [0.2, 0.25) is 0 Å². The lowest BCUT2D eigenvalue weighted by Gasteiger charge is -1.91. The van der Waals surface area contributed by atoms with E-state index in [4.69, 9.17) is 10.2 Å². The number of rotatable bonds is 2.